The van der Waals surface area contributed by atoms with E-state index in [1.54, 1.807) is 0 Å². The highest BCUT2D eigenvalue weighted by molar-refractivity contribution is 5.33. The molecule has 2 heterocycles. The normalized spacial score (nSPS) is 16.9. The van der Waals surface area contributed by atoms with Gasteiger partial charge in [0, 0.05) is 24.5 Å². The Bertz CT molecular complexity index is 422. The molecule has 1 saturated heterocycles. The maximum Gasteiger partial charge on any atom is 0.225 e. The van der Waals surface area contributed by atoms with Gasteiger partial charge in [-0.15, -0.1) is 0 Å². The molecule has 1 N–H and O–H groups in total. The number of nitrogens with one attached hydrogen (secondary N) is 1. The first-order valence-electron chi connectivity index (χ1n) is 7.91. The van der Waals surface area contributed by atoms with Crippen LogP contribution < -0.4 is 10.2 Å². The molecular formula is C16H28N4. The second-order valence-electron chi connectivity index (χ2n) is 6.13. The Morgan fingerprint density at radius 1 is 1.30 bits per heavy atom. The van der Waals surface area contributed by atoms with E-state index in [1.165, 1.54) is 12.8 Å². The monoisotopic (exact) mass is 276 g/mol. The fraction of sp³-hybridized carbons (Fsp3) is 0.750. The molecule has 1 aliphatic rings. The molecule has 0 saturated carbocycles. The van der Waals surface area contributed by atoms with Gasteiger partial charge in [0.25, 0.3) is 0 Å². The minimum Gasteiger partial charge on any atom is -0.341 e. The van der Waals surface area contributed by atoms with Gasteiger partial charge < -0.3 is 10.2 Å². The van der Waals surface area contributed by atoms with Crippen LogP contribution >= 0.6 is 0 Å². The zero-order chi connectivity index (χ0) is 14.5. The summed E-state index contributed by atoms with van der Waals surface area (Å²) in [6.45, 7) is 13.0. The van der Waals surface area contributed by atoms with Crippen LogP contribution in [-0.2, 0) is 0 Å². The van der Waals surface area contributed by atoms with E-state index < -0.39 is 0 Å². The Hall–Kier alpha value is -1.16. The van der Waals surface area contributed by atoms with E-state index in [0.29, 0.717) is 5.92 Å². The predicted octanol–water partition coefficient (Wildman–Crippen LogP) is 2.73. The minimum atomic E-state index is 0.460. The van der Waals surface area contributed by atoms with Gasteiger partial charge in [0.1, 0.15) is 0 Å². The van der Waals surface area contributed by atoms with Crippen molar-refractivity contribution in [3.05, 3.63) is 17.5 Å². The average Bonchev–Trinajstić information content (AvgIpc) is 2.45. The van der Waals surface area contributed by atoms with Crippen molar-refractivity contribution in [1.82, 2.24) is 15.3 Å². The summed E-state index contributed by atoms with van der Waals surface area (Å²) in [4.78, 5) is 11.7. The Balaban J connectivity index is 1.99. The fourth-order valence-corrected chi connectivity index (χ4v) is 2.70. The van der Waals surface area contributed by atoms with Crippen LogP contribution in [0.15, 0.2) is 6.07 Å². The summed E-state index contributed by atoms with van der Waals surface area (Å²) < 4.78 is 0. The highest BCUT2D eigenvalue weighted by Gasteiger charge is 2.21. The van der Waals surface area contributed by atoms with Gasteiger partial charge in [-0.1, -0.05) is 20.8 Å². The lowest BCUT2D eigenvalue weighted by Crippen LogP contribution is -2.38. The number of anilines is 1. The third kappa shape index (κ3) is 3.92. The number of rotatable bonds is 5. The molecule has 0 amide bonds. The molecule has 1 aromatic rings. The Morgan fingerprint density at radius 3 is 2.60 bits per heavy atom. The fourth-order valence-electron chi connectivity index (χ4n) is 2.70. The maximum absolute atomic E-state index is 4.74. The Labute approximate surface area is 123 Å². The van der Waals surface area contributed by atoms with Crippen molar-refractivity contribution in [2.75, 3.05) is 31.1 Å². The molecule has 0 atom stereocenters. The van der Waals surface area contributed by atoms with E-state index in [2.05, 4.69) is 49.0 Å². The van der Waals surface area contributed by atoms with Crippen LogP contribution in [-0.4, -0.2) is 36.1 Å². The maximum atomic E-state index is 4.74. The van der Waals surface area contributed by atoms with Gasteiger partial charge in [0.2, 0.25) is 5.95 Å². The van der Waals surface area contributed by atoms with Crippen LogP contribution in [0.5, 0.6) is 0 Å². The van der Waals surface area contributed by atoms with Gasteiger partial charge in [0.05, 0.1) is 0 Å². The highest BCUT2D eigenvalue weighted by Crippen LogP contribution is 2.22. The largest absolute Gasteiger partial charge is 0.341 e. The molecule has 20 heavy (non-hydrogen) atoms. The van der Waals surface area contributed by atoms with E-state index in [1.807, 2.05) is 0 Å². The number of hydrogen-bond donors (Lipinski definition) is 1. The summed E-state index contributed by atoms with van der Waals surface area (Å²) in [5.41, 5.74) is 2.23. The predicted molar refractivity (Wildman–Crippen MR) is 84.3 cm³/mol. The van der Waals surface area contributed by atoms with Crippen LogP contribution in [0.3, 0.4) is 0 Å². The third-order valence-electron chi connectivity index (χ3n) is 4.03. The summed E-state index contributed by atoms with van der Waals surface area (Å²) in [5.74, 6) is 2.19. The first kappa shape index (κ1) is 15.2. The quantitative estimate of drug-likeness (QED) is 0.898. The molecule has 0 bridgehead atoms. The zero-order valence-corrected chi connectivity index (χ0v) is 13.3. The van der Waals surface area contributed by atoms with Crippen LogP contribution in [0.4, 0.5) is 5.95 Å². The standard InChI is InChI=1S/C16H28N4/c1-5-17-11-14-6-8-20(9-7-14)16-18-13(4)10-15(19-16)12(2)3/h10,12,14,17H,5-9,11H2,1-4H3. The molecule has 0 aromatic carbocycles. The topological polar surface area (TPSA) is 41.0 Å². The Kier molecular flexibility index (Phi) is 5.35. The van der Waals surface area contributed by atoms with Crippen molar-refractivity contribution in [3.8, 4) is 0 Å². The first-order valence-corrected chi connectivity index (χ1v) is 7.91. The lowest BCUT2D eigenvalue weighted by molar-refractivity contribution is 0.383. The van der Waals surface area contributed by atoms with E-state index in [-0.39, 0.29) is 0 Å². The van der Waals surface area contributed by atoms with Gasteiger partial charge in [-0.25, -0.2) is 9.97 Å². The first-order chi connectivity index (χ1) is 9.60. The van der Waals surface area contributed by atoms with Crippen molar-refractivity contribution >= 4 is 5.95 Å². The van der Waals surface area contributed by atoms with Gasteiger partial charge in [-0.05, 0) is 50.8 Å². The molecule has 0 unspecified atom stereocenters. The van der Waals surface area contributed by atoms with Crippen LogP contribution in [0, 0.1) is 12.8 Å². The molecule has 4 heteroatoms. The van der Waals surface area contributed by atoms with Crippen molar-refractivity contribution in [1.29, 1.82) is 0 Å². The summed E-state index contributed by atoms with van der Waals surface area (Å²) in [6.07, 6.45) is 2.47. The SMILES string of the molecule is CCNCC1CCN(c2nc(C)cc(C(C)C)n2)CC1. The van der Waals surface area contributed by atoms with E-state index >= 15 is 0 Å². The van der Waals surface area contributed by atoms with Gasteiger partial charge in [-0.3, -0.25) is 0 Å². The number of piperidine rings is 1. The minimum absolute atomic E-state index is 0.460. The second-order valence-corrected chi connectivity index (χ2v) is 6.13. The van der Waals surface area contributed by atoms with Crippen molar-refractivity contribution in [3.63, 3.8) is 0 Å². The van der Waals surface area contributed by atoms with Crippen molar-refractivity contribution < 1.29 is 0 Å². The van der Waals surface area contributed by atoms with Gasteiger partial charge in [-0.2, -0.15) is 0 Å². The van der Waals surface area contributed by atoms with E-state index in [4.69, 9.17) is 4.98 Å². The van der Waals surface area contributed by atoms with Crippen molar-refractivity contribution in [2.45, 2.75) is 46.5 Å². The van der Waals surface area contributed by atoms with Gasteiger partial charge in [0.15, 0.2) is 0 Å². The number of nitrogens with zero attached hydrogens (tertiary/aromatic N) is 3. The number of aryl methyl sites for hydroxylation is 1. The molecule has 112 valence electrons. The summed E-state index contributed by atoms with van der Waals surface area (Å²) in [5, 5.41) is 3.46. The van der Waals surface area contributed by atoms with E-state index in [9.17, 15) is 0 Å². The molecule has 4 nitrogen and oxygen atoms in total. The molecule has 0 spiro atoms. The Morgan fingerprint density at radius 2 is 2.00 bits per heavy atom. The number of hydrogen-bond acceptors (Lipinski definition) is 4. The lowest BCUT2D eigenvalue weighted by atomic mass is 9.97. The smallest absolute Gasteiger partial charge is 0.225 e. The summed E-state index contributed by atoms with van der Waals surface area (Å²) >= 11 is 0. The van der Waals surface area contributed by atoms with E-state index in [0.717, 1.165) is 49.4 Å². The summed E-state index contributed by atoms with van der Waals surface area (Å²) in [6, 6.07) is 2.10. The highest BCUT2D eigenvalue weighted by atomic mass is 15.3. The second kappa shape index (κ2) is 7.02. The lowest BCUT2D eigenvalue weighted by Gasteiger charge is -2.32. The molecule has 1 aromatic heterocycles. The number of aromatic nitrogens is 2. The van der Waals surface area contributed by atoms with Crippen molar-refractivity contribution in [2.24, 2.45) is 5.92 Å². The molecule has 1 aliphatic heterocycles. The van der Waals surface area contributed by atoms with Crippen LogP contribution in [0.25, 0.3) is 0 Å². The van der Waals surface area contributed by atoms with Crippen LogP contribution in [0.2, 0.25) is 0 Å². The summed E-state index contributed by atoms with van der Waals surface area (Å²) in [7, 11) is 0. The molecule has 2 rings (SSSR count). The van der Waals surface area contributed by atoms with Crippen LogP contribution in [0.1, 0.15) is 50.9 Å². The molecule has 1 fully saturated rings. The molecule has 0 aliphatic carbocycles. The van der Waals surface area contributed by atoms with Gasteiger partial charge >= 0.3 is 0 Å². The molecule has 0 radical (unpaired) electrons. The molecular weight excluding hydrogens is 248 g/mol. The zero-order valence-electron chi connectivity index (χ0n) is 13.3. The third-order valence-corrected chi connectivity index (χ3v) is 4.03. The average molecular weight is 276 g/mol.